The van der Waals surface area contributed by atoms with Crippen LogP contribution < -0.4 is 0 Å². The van der Waals surface area contributed by atoms with Gasteiger partial charge < -0.3 is 4.90 Å². The summed E-state index contributed by atoms with van der Waals surface area (Å²) in [4.78, 5) is 14.5. The number of carbonyl (C=O) groups excluding carboxylic acids is 1. The van der Waals surface area contributed by atoms with Crippen molar-refractivity contribution in [2.24, 2.45) is 5.92 Å². The standard InChI is InChI=1S/C16H24BrNO/c1-4-13(2)15(14-9-6-5-7-10-14)16(19)18(3)12-8-11-17/h5-7,9-10,13,15H,4,8,11-12H2,1-3H3. The van der Waals surface area contributed by atoms with Gasteiger partial charge in [-0.1, -0.05) is 66.5 Å². The number of hydrogen-bond donors (Lipinski definition) is 0. The third kappa shape index (κ3) is 4.64. The van der Waals surface area contributed by atoms with Crippen molar-refractivity contribution in [1.29, 1.82) is 0 Å². The Morgan fingerprint density at radius 3 is 2.47 bits per heavy atom. The van der Waals surface area contributed by atoms with E-state index >= 15 is 0 Å². The summed E-state index contributed by atoms with van der Waals surface area (Å²) in [6.07, 6.45) is 2.00. The van der Waals surface area contributed by atoms with Crippen molar-refractivity contribution in [2.75, 3.05) is 18.9 Å². The van der Waals surface area contributed by atoms with Crippen LogP contribution in [-0.2, 0) is 4.79 Å². The van der Waals surface area contributed by atoms with E-state index in [9.17, 15) is 4.79 Å². The van der Waals surface area contributed by atoms with Crippen LogP contribution in [0.15, 0.2) is 30.3 Å². The number of benzene rings is 1. The van der Waals surface area contributed by atoms with Gasteiger partial charge in [-0.15, -0.1) is 0 Å². The number of halogens is 1. The van der Waals surface area contributed by atoms with E-state index in [1.54, 1.807) is 0 Å². The molecule has 1 aromatic carbocycles. The molecule has 0 aliphatic rings. The second-order valence-corrected chi connectivity index (χ2v) is 5.87. The van der Waals surface area contributed by atoms with E-state index in [1.807, 2.05) is 30.1 Å². The lowest BCUT2D eigenvalue weighted by Crippen LogP contribution is -2.35. The fourth-order valence-corrected chi connectivity index (χ4v) is 2.51. The summed E-state index contributed by atoms with van der Waals surface area (Å²) in [5, 5.41) is 0.934. The quantitative estimate of drug-likeness (QED) is 0.692. The Labute approximate surface area is 125 Å². The minimum Gasteiger partial charge on any atom is -0.345 e. The second-order valence-electron chi connectivity index (χ2n) is 5.08. The Bertz CT molecular complexity index is 380. The maximum Gasteiger partial charge on any atom is 0.230 e. The number of alkyl halides is 1. The van der Waals surface area contributed by atoms with Crippen molar-refractivity contribution in [3.63, 3.8) is 0 Å². The van der Waals surface area contributed by atoms with Crippen LogP contribution in [0.4, 0.5) is 0 Å². The maximum atomic E-state index is 12.7. The van der Waals surface area contributed by atoms with Crippen LogP contribution in [0.3, 0.4) is 0 Å². The monoisotopic (exact) mass is 325 g/mol. The lowest BCUT2D eigenvalue weighted by atomic mass is 9.84. The summed E-state index contributed by atoms with van der Waals surface area (Å²) in [7, 11) is 1.91. The summed E-state index contributed by atoms with van der Waals surface area (Å²) >= 11 is 3.41. The Hall–Kier alpha value is -0.830. The van der Waals surface area contributed by atoms with Crippen LogP contribution in [0, 0.1) is 5.92 Å². The van der Waals surface area contributed by atoms with Crippen LogP contribution in [0.25, 0.3) is 0 Å². The molecule has 106 valence electrons. The molecule has 0 bridgehead atoms. The number of carbonyl (C=O) groups is 1. The zero-order valence-electron chi connectivity index (χ0n) is 12.1. The fourth-order valence-electron chi connectivity index (χ4n) is 2.26. The van der Waals surface area contributed by atoms with Crippen molar-refractivity contribution in [3.8, 4) is 0 Å². The highest BCUT2D eigenvalue weighted by Gasteiger charge is 2.27. The second kappa shape index (κ2) is 8.36. The number of nitrogens with zero attached hydrogens (tertiary/aromatic N) is 1. The van der Waals surface area contributed by atoms with Gasteiger partial charge >= 0.3 is 0 Å². The molecular formula is C16H24BrNO. The first-order chi connectivity index (χ1) is 9.11. The smallest absolute Gasteiger partial charge is 0.230 e. The SMILES string of the molecule is CCC(C)C(C(=O)N(C)CCCBr)c1ccccc1. The zero-order chi connectivity index (χ0) is 14.3. The molecule has 0 saturated heterocycles. The highest BCUT2D eigenvalue weighted by atomic mass is 79.9. The van der Waals surface area contributed by atoms with Crippen molar-refractivity contribution < 1.29 is 4.79 Å². The molecule has 0 aliphatic heterocycles. The van der Waals surface area contributed by atoms with Gasteiger partial charge in [-0.25, -0.2) is 0 Å². The Balaban J connectivity index is 2.89. The molecule has 2 nitrogen and oxygen atoms in total. The van der Waals surface area contributed by atoms with E-state index in [4.69, 9.17) is 0 Å². The first kappa shape index (κ1) is 16.2. The van der Waals surface area contributed by atoms with Gasteiger partial charge in [0.2, 0.25) is 5.91 Å². The van der Waals surface area contributed by atoms with Crippen LogP contribution in [0.5, 0.6) is 0 Å². The van der Waals surface area contributed by atoms with Crippen LogP contribution in [-0.4, -0.2) is 29.7 Å². The molecule has 1 amide bonds. The van der Waals surface area contributed by atoms with Crippen molar-refractivity contribution in [1.82, 2.24) is 4.90 Å². The molecule has 0 spiro atoms. The molecular weight excluding hydrogens is 302 g/mol. The van der Waals surface area contributed by atoms with E-state index in [0.717, 1.165) is 30.3 Å². The van der Waals surface area contributed by atoms with Gasteiger partial charge in [0.25, 0.3) is 0 Å². The molecule has 0 N–H and O–H groups in total. The largest absolute Gasteiger partial charge is 0.345 e. The first-order valence-electron chi connectivity index (χ1n) is 6.97. The van der Waals surface area contributed by atoms with Crippen LogP contribution in [0.1, 0.15) is 38.2 Å². The highest BCUT2D eigenvalue weighted by Crippen LogP contribution is 2.28. The molecule has 1 rings (SSSR count). The minimum atomic E-state index is -0.0217. The molecule has 2 atom stereocenters. The van der Waals surface area contributed by atoms with Gasteiger partial charge in [0.05, 0.1) is 5.92 Å². The predicted molar refractivity (Wildman–Crippen MR) is 84.7 cm³/mol. The minimum absolute atomic E-state index is 0.0217. The molecule has 0 heterocycles. The number of likely N-dealkylation sites (N-methyl/N-ethyl adjacent to an activating group) is 1. The predicted octanol–water partition coefficient (Wildman–Crippen LogP) is 4.06. The third-order valence-electron chi connectivity index (χ3n) is 3.64. The van der Waals surface area contributed by atoms with E-state index in [2.05, 4.69) is 41.9 Å². The van der Waals surface area contributed by atoms with Crippen molar-refractivity contribution in [3.05, 3.63) is 35.9 Å². The summed E-state index contributed by atoms with van der Waals surface area (Å²) in [6, 6.07) is 10.1. The molecule has 3 heteroatoms. The normalized spacial score (nSPS) is 13.9. The van der Waals surface area contributed by atoms with Gasteiger partial charge in [-0.05, 0) is 17.9 Å². The summed E-state index contributed by atoms with van der Waals surface area (Å²) in [5.41, 5.74) is 1.13. The van der Waals surface area contributed by atoms with Gasteiger partial charge in [0, 0.05) is 18.9 Å². The van der Waals surface area contributed by atoms with Gasteiger partial charge in [0.15, 0.2) is 0 Å². The molecule has 0 aliphatic carbocycles. The molecule has 1 aromatic rings. The van der Waals surface area contributed by atoms with Crippen molar-refractivity contribution in [2.45, 2.75) is 32.6 Å². The Morgan fingerprint density at radius 2 is 1.95 bits per heavy atom. The summed E-state index contributed by atoms with van der Waals surface area (Å²) < 4.78 is 0. The lowest BCUT2D eigenvalue weighted by Gasteiger charge is -2.28. The topological polar surface area (TPSA) is 20.3 Å². The summed E-state index contributed by atoms with van der Waals surface area (Å²) in [6.45, 7) is 5.12. The maximum absolute atomic E-state index is 12.7. The molecule has 19 heavy (non-hydrogen) atoms. The fraction of sp³-hybridized carbons (Fsp3) is 0.562. The Kier molecular flexibility index (Phi) is 7.14. The third-order valence-corrected chi connectivity index (χ3v) is 4.20. The van der Waals surface area contributed by atoms with Crippen LogP contribution in [0.2, 0.25) is 0 Å². The molecule has 2 unspecified atom stereocenters. The summed E-state index contributed by atoms with van der Waals surface area (Å²) in [5.74, 6) is 0.578. The molecule has 0 fully saturated rings. The van der Waals surface area contributed by atoms with E-state index in [-0.39, 0.29) is 11.8 Å². The van der Waals surface area contributed by atoms with E-state index in [0.29, 0.717) is 5.92 Å². The average molecular weight is 326 g/mol. The molecule has 0 aromatic heterocycles. The number of hydrogen-bond acceptors (Lipinski definition) is 1. The molecule has 0 radical (unpaired) electrons. The Morgan fingerprint density at radius 1 is 1.32 bits per heavy atom. The number of rotatable bonds is 7. The highest BCUT2D eigenvalue weighted by molar-refractivity contribution is 9.09. The average Bonchev–Trinajstić information content (AvgIpc) is 2.45. The molecule has 0 saturated carbocycles. The van der Waals surface area contributed by atoms with Crippen molar-refractivity contribution >= 4 is 21.8 Å². The van der Waals surface area contributed by atoms with Gasteiger partial charge in [-0.3, -0.25) is 4.79 Å². The van der Waals surface area contributed by atoms with Gasteiger partial charge in [0.1, 0.15) is 0 Å². The zero-order valence-corrected chi connectivity index (χ0v) is 13.7. The lowest BCUT2D eigenvalue weighted by molar-refractivity contribution is -0.132. The van der Waals surface area contributed by atoms with E-state index < -0.39 is 0 Å². The van der Waals surface area contributed by atoms with Crippen LogP contribution >= 0.6 is 15.9 Å². The first-order valence-corrected chi connectivity index (χ1v) is 8.09. The number of amides is 1. The van der Waals surface area contributed by atoms with E-state index in [1.165, 1.54) is 0 Å². The van der Waals surface area contributed by atoms with Gasteiger partial charge in [-0.2, -0.15) is 0 Å².